The van der Waals surface area contributed by atoms with Crippen molar-refractivity contribution in [3.05, 3.63) is 0 Å². The number of halogens is 2. The van der Waals surface area contributed by atoms with Gasteiger partial charge in [-0.05, 0) is 40.5 Å². The Bertz CT molecular complexity index is 458. The van der Waals surface area contributed by atoms with Gasteiger partial charge < -0.3 is 14.2 Å². The zero-order chi connectivity index (χ0) is 20.3. The van der Waals surface area contributed by atoms with Crippen LogP contribution in [0, 0.1) is 5.92 Å². The van der Waals surface area contributed by atoms with E-state index in [1.807, 2.05) is 0 Å². The van der Waals surface area contributed by atoms with Crippen molar-refractivity contribution >= 4 is 15.4 Å². The number of phosphoric ester groups is 1. The zero-order valence-electron chi connectivity index (χ0n) is 15.7. The van der Waals surface area contributed by atoms with Crippen LogP contribution in [0.2, 0.25) is 0 Å². The lowest BCUT2D eigenvalue weighted by Gasteiger charge is -2.32. The van der Waals surface area contributed by atoms with E-state index in [2.05, 4.69) is 0 Å². The summed E-state index contributed by atoms with van der Waals surface area (Å²) in [7, 11) is -8.60. The average Bonchev–Trinajstić information content (AvgIpc) is 2.54. The quantitative estimate of drug-likeness (QED) is 0.362. The van der Waals surface area contributed by atoms with Crippen molar-refractivity contribution in [2.24, 2.45) is 5.92 Å². The molecule has 0 aliphatic heterocycles. The Labute approximate surface area is 153 Å². The van der Waals surface area contributed by atoms with Crippen LogP contribution in [0.15, 0.2) is 0 Å². The summed E-state index contributed by atoms with van der Waals surface area (Å²) in [5.74, 6) is -1.58. The molecule has 0 aromatic carbocycles. The van der Waals surface area contributed by atoms with Gasteiger partial charge >= 0.3 is 21.1 Å². The molecule has 0 rings (SSSR count). The van der Waals surface area contributed by atoms with Crippen molar-refractivity contribution in [1.29, 1.82) is 0 Å². The maximum Gasteiger partial charge on any atom is 0.474 e. The number of aliphatic hydroxyl groups excluding tert-OH is 1. The molecule has 1 N–H and O–H groups in total. The van der Waals surface area contributed by atoms with Crippen molar-refractivity contribution in [1.82, 2.24) is 0 Å². The summed E-state index contributed by atoms with van der Waals surface area (Å²) in [6, 6.07) is 0. The van der Waals surface area contributed by atoms with Crippen LogP contribution in [0.3, 0.4) is 0 Å². The minimum Gasteiger partial charge on any atom is -0.396 e. The molecule has 8 nitrogen and oxygen atoms in total. The highest BCUT2D eigenvalue weighted by Crippen LogP contribution is 2.65. The summed E-state index contributed by atoms with van der Waals surface area (Å²) in [5, 5.41) is 9.10. The third-order valence-corrected chi connectivity index (χ3v) is 7.16. The molecule has 0 aliphatic rings. The second kappa shape index (κ2) is 12.5. The highest BCUT2D eigenvalue weighted by Gasteiger charge is 2.58. The van der Waals surface area contributed by atoms with Crippen molar-refractivity contribution < 1.29 is 45.6 Å². The fraction of sp³-hybridized carbons (Fsp3) is 1.00. The molecule has 0 unspecified atom stereocenters. The first-order valence-electron chi connectivity index (χ1n) is 8.57. The number of aliphatic hydroxyl groups is 1. The SMILES string of the molecule is CCOP(=O)(OCC)OCC[C@H](CCO)C(F)(F)P(=O)(OCC)OCC. The minimum atomic E-state index is -4.75. The van der Waals surface area contributed by atoms with Crippen LogP contribution in [0.4, 0.5) is 8.78 Å². The maximum absolute atomic E-state index is 14.8. The van der Waals surface area contributed by atoms with Crippen molar-refractivity contribution in [3.8, 4) is 0 Å². The van der Waals surface area contributed by atoms with Crippen molar-refractivity contribution in [2.75, 3.05) is 39.6 Å². The van der Waals surface area contributed by atoms with E-state index < -0.39 is 40.2 Å². The average molecular weight is 426 g/mol. The maximum atomic E-state index is 14.8. The molecule has 0 aliphatic carbocycles. The Morgan fingerprint density at radius 3 is 1.69 bits per heavy atom. The van der Waals surface area contributed by atoms with Gasteiger partial charge in [0.25, 0.3) is 0 Å². The summed E-state index contributed by atoms with van der Waals surface area (Å²) in [6.07, 6.45) is -0.726. The lowest BCUT2D eigenvalue weighted by molar-refractivity contribution is -0.0292. The van der Waals surface area contributed by atoms with Crippen LogP contribution in [0.1, 0.15) is 40.5 Å². The van der Waals surface area contributed by atoms with Crippen LogP contribution in [-0.2, 0) is 31.7 Å². The van der Waals surface area contributed by atoms with E-state index in [0.29, 0.717) is 0 Å². The van der Waals surface area contributed by atoms with Gasteiger partial charge in [0.1, 0.15) is 0 Å². The predicted molar refractivity (Wildman–Crippen MR) is 92.4 cm³/mol. The van der Waals surface area contributed by atoms with Crippen molar-refractivity contribution in [2.45, 2.75) is 46.2 Å². The van der Waals surface area contributed by atoms with Gasteiger partial charge in [0.05, 0.1) is 33.0 Å². The standard InChI is InChI=1S/C14H30F2O8P2/c1-5-20-25(18,21-6-2)14(15,16)13(9-11-17)10-12-24-26(19,22-7-3)23-8-4/h13,17H,5-12H2,1-4H3/t13-/m0/s1. The molecule has 0 saturated heterocycles. The molecule has 0 radical (unpaired) electrons. The Kier molecular flexibility index (Phi) is 12.6. The molecule has 0 aromatic rings. The molecular formula is C14H30F2O8P2. The monoisotopic (exact) mass is 426 g/mol. The summed E-state index contributed by atoms with van der Waals surface area (Å²) < 4.78 is 78.6. The minimum absolute atomic E-state index is 0.0530. The Morgan fingerprint density at radius 1 is 0.846 bits per heavy atom. The Hall–Kier alpha value is 0.0800. The highest BCUT2D eigenvalue weighted by molar-refractivity contribution is 7.55. The molecule has 0 aromatic heterocycles. The molecule has 12 heteroatoms. The van der Waals surface area contributed by atoms with Crippen LogP contribution in [0.25, 0.3) is 0 Å². The van der Waals surface area contributed by atoms with Gasteiger partial charge in [-0.2, -0.15) is 8.78 Å². The summed E-state index contributed by atoms with van der Waals surface area (Å²) >= 11 is 0. The molecule has 0 bridgehead atoms. The molecule has 0 spiro atoms. The lowest BCUT2D eigenvalue weighted by atomic mass is 10.0. The smallest absolute Gasteiger partial charge is 0.396 e. The normalized spacial score (nSPS) is 14.6. The lowest BCUT2D eigenvalue weighted by Crippen LogP contribution is -2.32. The fourth-order valence-corrected chi connectivity index (χ4v) is 5.14. The first kappa shape index (κ1) is 26.1. The molecule has 1 atom stereocenters. The molecule has 0 amide bonds. The molecule has 26 heavy (non-hydrogen) atoms. The highest BCUT2D eigenvalue weighted by atomic mass is 31.2. The number of hydrogen-bond donors (Lipinski definition) is 1. The second-order valence-corrected chi connectivity index (χ2v) is 8.81. The van der Waals surface area contributed by atoms with E-state index in [1.165, 1.54) is 13.8 Å². The van der Waals surface area contributed by atoms with Crippen LogP contribution < -0.4 is 0 Å². The number of rotatable bonds is 16. The Balaban J connectivity index is 5.20. The van der Waals surface area contributed by atoms with Crippen LogP contribution in [0.5, 0.6) is 0 Å². The van der Waals surface area contributed by atoms with E-state index in [0.717, 1.165) is 0 Å². The third-order valence-electron chi connectivity index (χ3n) is 3.22. The zero-order valence-corrected chi connectivity index (χ0v) is 17.5. The van der Waals surface area contributed by atoms with Gasteiger partial charge in [0.2, 0.25) is 0 Å². The van der Waals surface area contributed by atoms with Crippen LogP contribution >= 0.6 is 15.4 Å². The van der Waals surface area contributed by atoms with Gasteiger partial charge in [-0.15, -0.1) is 0 Å². The van der Waals surface area contributed by atoms with E-state index in [-0.39, 0.29) is 39.3 Å². The third kappa shape index (κ3) is 7.60. The number of alkyl halides is 2. The number of phosphoric acid groups is 1. The molecule has 158 valence electrons. The topological polar surface area (TPSA) is 101 Å². The Morgan fingerprint density at radius 2 is 1.31 bits per heavy atom. The number of hydrogen-bond acceptors (Lipinski definition) is 8. The van der Waals surface area contributed by atoms with Gasteiger partial charge in [0.15, 0.2) is 0 Å². The van der Waals surface area contributed by atoms with Gasteiger partial charge in [-0.3, -0.25) is 18.1 Å². The molecule has 0 heterocycles. The first-order valence-corrected chi connectivity index (χ1v) is 11.6. The molecule has 0 saturated carbocycles. The van der Waals surface area contributed by atoms with Crippen molar-refractivity contribution in [3.63, 3.8) is 0 Å². The van der Waals surface area contributed by atoms with E-state index in [4.69, 9.17) is 27.7 Å². The second-order valence-electron chi connectivity index (χ2n) is 5.03. The predicted octanol–water partition coefficient (Wildman–Crippen LogP) is 4.43. The fourth-order valence-electron chi connectivity index (χ4n) is 2.16. The largest absolute Gasteiger partial charge is 0.474 e. The van der Waals surface area contributed by atoms with Gasteiger partial charge in [-0.1, -0.05) is 0 Å². The molecule has 0 fully saturated rings. The summed E-state index contributed by atoms with van der Waals surface area (Å²) in [5.41, 5.74) is -3.85. The first-order chi connectivity index (χ1) is 12.2. The van der Waals surface area contributed by atoms with Gasteiger partial charge in [0, 0.05) is 12.5 Å². The van der Waals surface area contributed by atoms with Crippen LogP contribution in [-0.4, -0.2) is 50.4 Å². The summed E-state index contributed by atoms with van der Waals surface area (Å²) in [6.45, 7) is 4.70. The van der Waals surface area contributed by atoms with E-state index in [9.17, 15) is 17.9 Å². The summed E-state index contributed by atoms with van der Waals surface area (Å²) in [4.78, 5) is 0. The van der Waals surface area contributed by atoms with E-state index >= 15 is 0 Å². The van der Waals surface area contributed by atoms with Gasteiger partial charge in [-0.25, -0.2) is 4.57 Å². The van der Waals surface area contributed by atoms with E-state index in [1.54, 1.807) is 13.8 Å². The molecular weight excluding hydrogens is 396 g/mol.